The van der Waals surface area contributed by atoms with E-state index in [9.17, 15) is 4.79 Å². The van der Waals surface area contributed by atoms with E-state index in [-0.39, 0.29) is 5.91 Å². The zero-order chi connectivity index (χ0) is 21.3. The van der Waals surface area contributed by atoms with Gasteiger partial charge in [0, 0.05) is 44.5 Å². The topological polar surface area (TPSA) is 44.8 Å². The highest BCUT2D eigenvalue weighted by Crippen LogP contribution is 2.23. The van der Waals surface area contributed by atoms with Crippen LogP contribution in [0.15, 0.2) is 84.9 Å². The van der Waals surface area contributed by atoms with E-state index in [0.29, 0.717) is 12.3 Å². The van der Waals surface area contributed by atoms with Gasteiger partial charge in [0.05, 0.1) is 6.54 Å². The predicted molar refractivity (Wildman–Crippen MR) is 125 cm³/mol. The first-order chi connectivity index (χ1) is 15.2. The fourth-order valence-electron chi connectivity index (χ4n) is 3.77. The molecule has 0 atom stereocenters. The lowest BCUT2D eigenvalue weighted by atomic mass is 10.1. The van der Waals surface area contributed by atoms with Crippen LogP contribution in [0.5, 0.6) is 11.5 Å². The highest BCUT2D eigenvalue weighted by atomic mass is 16.5. The van der Waals surface area contributed by atoms with Crippen LogP contribution in [0, 0.1) is 0 Å². The van der Waals surface area contributed by atoms with Crippen LogP contribution < -0.4 is 10.1 Å². The Morgan fingerprint density at radius 1 is 0.774 bits per heavy atom. The molecule has 3 aromatic rings. The number of hydrogen-bond donors (Lipinski definition) is 1. The number of piperazine rings is 1. The minimum absolute atomic E-state index is 0.00889. The average Bonchev–Trinajstić information content (AvgIpc) is 2.80. The lowest BCUT2D eigenvalue weighted by molar-refractivity contribution is -0.117. The zero-order valence-corrected chi connectivity index (χ0v) is 17.7. The summed E-state index contributed by atoms with van der Waals surface area (Å²) in [6.07, 6.45) is 1.07. The molecule has 0 spiro atoms. The highest BCUT2D eigenvalue weighted by molar-refractivity contribution is 5.92. The summed E-state index contributed by atoms with van der Waals surface area (Å²) in [5.74, 6) is 1.49. The van der Waals surface area contributed by atoms with Gasteiger partial charge in [-0.2, -0.15) is 0 Å². The van der Waals surface area contributed by atoms with E-state index >= 15 is 0 Å². The Morgan fingerprint density at radius 3 is 2.16 bits per heavy atom. The molecule has 0 bridgehead atoms. The van der Waals surface area contributed by atoms with Crippen LogP contribution >= 0.6 is 0 Å². The largest absolute Gasteiger partial charge is 0.457 e. The standard InChI is InChI=1S/C26H29N3O2/c30-26(27-23-10-7-13-25(20-23)31-24-11-5-2-6-12-24)21-29-18-16-28(17-19-29)15-14-22-8-3-1-4-9-22/h1-13,20H,14-19,21H2,(H,27,30). The smallest absolute Gasteiger partial charge is 0.238 e. The molecule has 5 nitrogen and oxygen atoms in total. The van der Waals surface area contributed by atoms with E-state index in [1.54, 1.807) is 0 Å². The van der Waals surface area contributed by atoms with Crippen molar-refractivity contribution in [1.82, 2.24) is 9.80 Å². The van der Waals surface area contributed by atoms with Crippen molar-refractivity contribution in [3.05, 3.63) is 90.5 Å². The molecule has 0 aliphatic carbocycles. The molecule has 3 aromatic carbocycles. The normalized spacial score (nSPS) is 14.8. The predicted octanol–water partition coefficient (Wildman–Crippen LogP) is 4.28. The maximum atomic E-state index is 12.5. The second kappa shape index (κ2) is 10.8. The third-order valence-corrected chi connectivity index (χ3v) is 5.49. The monoisotopic (exact) mass is 415 g/mol. The number of carbonyl (C=O) groups excluding carboxylic acids is 1. The molecular weight excluding hydrogens is 386 g/mol. The summed E-state index contributed by atoms with van der Waals surface area (Å²) in [6.45, 7) is 5.31. The summed E-state index contributed by atoms with van der Waals surface area (Å²) in [6, 6.07) is 27.7. The van der Waals surface area contributed by atoms with Crippen molar-refractivity contribution >= 4 is 11.6 Å². The van der Waals surface area contributed by atoms with Crippen molar-refractivity contribution in [3.63, 3.8) is 0 Å². The van der Waals surface area contributed by atoms with Crippen LogP contribution in [0.4, 0.5) is 5.69 Å². The van der Waals surface area contributed by atoms with Crippen LogP contribution in [0.2, 0.25) is 0 Å². The quantitative estimate of drug-likeness (QED) is 0.597. The van der Waals surface area contributed by atoms with Crippen molar-refractivity contribution < 1.29 is 9.53 Å². The van der Waals surface area contributed by atoms with Gasteiger partial charge in [-0.1, -0.05) is 54.6 Å². The Labute approximate surface area is 184 Å². The Morgan fingerprint density at radius 2 is 1.42 bits per heavy atom. The third kappa shape index (κ3) is 6.67. The molecule has 4 rings (SSSR count). The summed E-state index contributed by atoms with van der Waals surface area (Å²) < 4.78 is 5.85. The number of para-hydroxylation sites is 1. The van der Waals surface area contributed by atoms with Gasteiger partial charge in [-0.25, -0.2) is 0 Å². The molecule has 1 amide bonds. The Hall–Kier alpha value is -3.15. The minimum atomic E-state index is 0.00889. The van der Waals surface area contributed by atoms with Gasteiger partial charge < -0.3 is 15.0 Å². The summed E-state index contributed by atoms with van der Waals surface area (Å²) >= 11 is 0. The summed E-state index contributed by atoms with van der Waals surface area (Å²) in [7, 11) is 0. The van der Waals surface area contributed by atoms with Gasteiger partial charge in [0.15, 0.2) is 0 Å². The number of nitrogens with one attached hydrogen (secondary N) is 1. The number of rotatable bonds is 8. The first kappa shape index (κ1) is 21.1. The molecule has 1 heterocycles. The van der Waals surface area contributed by atoms with Crippen molar-refractivity contribution in [2.75, 3.05) is 44.6 Å². The molecule has 1 N–H and O–H groups in total. The van der Waals surface area contributed by atoms with Gasteiger partial charge in [-0.3, -0.25) is 9.69 Å². The van der Waals surface area contributed by atoms with Crippen LogP contribution in [0.25, 0.3) is 0 Å². The first-order valence-electron chi connectivity index (χ1n) is 10.9. The van der Waals surface area contributed by atoms with Crippen molar-refractivity contribution in [2.45, 2.75) is 6.42 Å². The van der Waals surface area contributed by atoms with Gasteiger partial charge in [0.1, 0.15) is 11.5 Å². The van der Waals surface area contributed by atoms with Crippen LogP contribution in [-0.2, 0) is 11.2 Å². The number of ether oxygens (including phenoxy) is 1. The van der Waals surface area contributed by atoms with Gasteiger partial charge in [-0.05, 0) is 36.2 Å². The number of carbonyl (C=O) groups is 1. The molecule has 160 valence electrons. The Bertz CT molecular complexity index is 955. The molecule has 0 radical (unpaired) electrons. The van der Waals surface area contributed by atoms with E-state index in [4.69, 9.17) is 4.74 Å². The molecule has 5 heteroatoms. The van der Waals surface area contributed by atoms with Gasteiger partial charge >= 0.3 is 0 Å². The van der Waals surface area contributed by atoms with Gasteiger partial charge in [-0.15, -0.1) is 0 Å². The Kier molecular flexibility index (Phi) is 7.32. The minimum Gasteiger partial charge on any atom is -0.457 e. The first-order valence-corrected chi connectivity index (χ1v) is 10.9. The lowest BCUT2D eigenvalue weighted by Gasteiger charge is -2.34. The molecule has 0 aromatic heterocycles. The molecule has 0 saturated carbocycles. The molecule has 0 unspecified atom stereocenters. The van der Waals surface area contributed by atoms with E-state index in [2.05, 4.69) is 45.4 Å². The number of nitrogens with zero attached hydrogens (tertiary/aromatic N) is 2. The van der Waals surface area contributed by atoms with Crippen LogP contribution in [-0.4, -0.2) is 55.0 Å². The molecule has 1 saturated heterocycles. The van der Waals surface area contributed by atoms with Gasteiger partial charge in [0.2, 0.25) is 5.91 Å². The van der Waals surface area contributed by atoms with Crippen LogP contribution in [0.3, 0.4) is 0 Å². The van der Waals surface area contributed by atoms with E-state index in [0.717, 1.165) is 50.6 Å². The molecule has 1 aliphatic rings. The zero-order valence-electron chi connectivity index (χ0n) is 17.7. The van der Waals surface area contributed by atoms with Gasteiger partial charge in [0.25, 0.3) is 0 Å². The van der Waals surface area contributed by atoms with Crippen molar-refractivity contribution in [3.8, 4) is 11.5 Å². The SMILES string of the molecule is O=C(CN1CCN(CCc2ccccc2)CC1)Nc1cccc(Oc2ccccc2)c1. The maximum absolute atomic E-state index is 12.5. The van der Waals surface area contributed by atoms with E-state index < -0.39 is 0 Å². The second-order valence-electron chi connectivity index (χ2n) is 7.84. The Balaban J connectivity index is 1.20. The van der Waals surface area contributed by atoms with Crippen molar-refractivity contribution in [1.29, 1.82) is 0 Å². The molecule has 1 fully saturated rings. The fraction of sp³-hybridized carbons (Fsp3) is 0.269. The third-order valence-electron chi connectivity index (χ3n) is 5.49. The molecule has 1 aliphatic heterocycles. The molecule has 31 heavy (non-hydrogen) atoms. The fourth-order valence-corrected chi connectivity index (χ4v) is 3.77. The average molecular weight is 416 g/mol. The summed E-state index contributed by atoms with van der Waals surface area (Å²) in [4.78, 5) is 17.2. The molecular formula is C26H29N3O2. The lowest BCUT2D eigenvalue weighted by Crippen LogP contribution is -2.49. The number of anilines is 1. The van der Waals surface area contributed by atoms with E-state index in [1.165, 1.54) is 5.56 Å². The summed E-state index contributed by atoms with van der Waals surface area (Å²) in [5, 5.41) is 3.00. The van der Waals surface area contributed by atoms with Crippen molar-refractivity contribution in [2.24, 2.45) is 0 Å². The summed E-state index contributed by atoms with van der Waals surface area (Å²) in [5.41, 5.74) is 2.13. The van der Waals surface area contributed by atoms with E-state index in [1.807, 2.05) is 54.6 Å². The number of benzene rings is 3. The number of amides is 1. The highest BCUT2D eigenvalue weighted by Gasteiger charge is 2.18. The number of hydrogen-bond acceptors (Lipinski definition) is 4. The second-order valence-corrected chi connectivity index (χ2v) is 7.84. The van der Waals surface area contributed by atoms with Crippen LogP contribution in [0.1, 0.15) is 5.56 Å². The maximum Gasteiger partial charge on any atom is 0.238 e.